The molecule has 0 atom stereocenters. The van der Waals surface area contributed by atoms with E-state index in [4.69, 9.17) is 0 Å². The third-order valence-corrected chi connectivity index (χ3v) is 2.87. The zero-order valence-electron chi connectivity index (χ0n) is 9.85. The molecule has 2 rings (SSSR count). The predicted octanol–water partition coefficient (Wildman–Crippen LogP) is 2.48. The summed E-state index contributed by atoms with van der Waals surface area (Å²) in [4.78, 5) is 20.0. The minimum absolute atomic E-state index is 0.118. The second kappa shape index (κ2) is 5.73. The number of nitrogens with one attached hydrogen (secondary N) is 1. The lowest BCUT2D eigenvalue weighted by molar-refractivity contribution is 0.0950. The Kier molecular flexibility index (Phi) is 4.04. The van der Waals surface area contributed by atoms with Crippen molar-refractivity contribution in [2.45, 2.75) is 13.5 Å². The van der Waals surface area contributed by atoms with Crippen molar-refractivity contribution in [1.29, 1.82) is 0 Å². The fourth-order valence-electron chi connectivity index (χ4n) is 1.51. The topological polar surface area (TPSA) is 54.9 Å². The Labute approximate surface area is 114 Å². The van der Waals surface area contributed by atoms with Crippen molar-refractivity contribution in [2.24, 2.45) is 0 Å². The van der Waals surface area contributed by atoms with Crippen LogP contribution in [0.4, 0.5) is 0 Å². The lowest BCUT2D eigenvalue weighted by atomic mass is 10.2. The van der Waals surface area contributed by atoms with Crippen LogP contribution in [0.1, 0.15) is 21.7 Å². The van der Waals surface area contributed by atoms with Crippen molar-refractivity contribution in [1.82, 2.24) is 15.3 Å². The lowest BCUT2D eigenvalue weighted by Gasteiger charge is -2.05. The summed E-state index contributed by atoms with van der Waals surface area (Å²) in [6, 6.07) is 9.10. The van der Waals surface area contributed by atoms with E-state index in [2.05, 4.69) is 31.2 Å². The smallest absolute Gasteiger partial charge is 0.251 e. The van der Waals surface area contributed by atoms with Gasteiger partial charge in [0.05, 0.1) is 12.2 Å². The maximum Gasteiger partial charge on any atom is 0.251 e. The summed E-state index contributed by atoms with van der Waals surface area (Å²) in [6.07, 6.45) is 1.50. The molecule has 1 aromatic carbocycles. The molecule has 0 radical (unpaired) electrons. The first-order chi connectivity index (χ1) is 8.65. The Morgan fingerprint density at radius 3 is 2.89 bits per heavy atom. The SMILES string of the molecule is Cc1cc(CNC(=O)c2cccc(Br)c2)ncn1. The molecule has 0 aliphatic rings. The Bertz CT molecular complexity index is 572. The summed E-state index contributed by atoms with van der Waals surface area (Å²) in [5.74, 6) is -0.118. The molecule has 92 valence electrons. The van der Waals surface area contributed by atoms with Gasteiger partial charge in [0.25, 0.3) is 5.91 Å². The van der Waals surface area contributed by atoms with E-state index in [1.807, 2.05) is 25.1 Å². The molecule has 1 heterocycles. The maximum atomic E-state index is 11.9. The molecule has 0 aliphatic carbocycles. The summed E-state index contributed by atoms with van der Waals surface area (Å²) in [5.41, 5.74) is 2.30. The van der Waals surface area contributed by atoms with Gasteiger partial charge in [-0.3, -0.25) is 4.79 Å². The number of aryl methyl sites for hydroxylation is 1. The molecule has 1 N–H and O–H groups in total. The average molecular weight is 306 g/mol. The van der Waals surface area contributed by atoms with Gasteiger partial charge in [0.15, 0.2) is 0 Å². The first kappa shape index (κ1) is 12.7. The quantitative estimate of drug-likeness (QED) is 0.948. The first-order valence-corrected chi connectivity index (χ1v) is 6.26. The summed E-state index contributed by atoms with van der Waals surface area (Å²) >= 11 is 3.34. The van der Waals surface area contributed by atoms with E-state index in [0.29, 0.717) is 12.1 Å². The highest BCUT2D eigenvalue weighted by molar-refractivity contribution is 9.10. The molecule has 4 nitrogen and oxygen atoms in total. The van der Waals surface area contributed by atoms with Crippen molar-refractivity contribution in [3.63, 3.8) is 0 Å². The Morgan fingerprint density at radius 2 is 2.17 bits per heavy atom. The van der Waals surface area contributed by atoms with E-state index in [9.17, 15) is 4.79 Å². The summed E-state index contributed by atoms with van der Waals surface area (Å²) < 4.78 is 0.882. The third-order valence-electron chi connectivity index (χ3n) is 2.38. The molecular weight excluding hydrogens is 294 g/mol. The number of aromatic nitrogens is 2. The van der Waals surface area contributed by atoms with Gasteiger partial charge in [-0.25, -0.2) is 9.97 Å². The van der Waals surface area contributed by atoms with Crippen molar-refractivity contribution >= 4 is 21.8 Å². The van der Waals surface area contributed by atoms with Crippen LogP contribution in [-0.2, 0) is 6.54 Å². The molecule has 0 bridgehead atoms. The minimum atomic E-state index is -0.118. The molecule has 0 fully saturated rings. The van der Waals surface area contributed by atoms with E-state index in [1.54, 1.807) is 12.1 Å². The fourth-order valence-corrected chi connectivity index (χ4v) is 1.91. The predicted molar refractivity (Wildman–Crippen MR) is 72.1 cm³/mol. The summed E-state index contributed by atoms with van der Waals surface area (Å²) in [7, 11) is 0. The van der Waals surface area contributed by atoms with Gasteiger partial charge in [-0.05, 0) is 31.2 Å². The van der Waals surface area contributed by atoms with Crippen LogP contribution in [0.3, 0.4) is 0 Å². The van der Waals surface area contributed by atoms with E-state index >= 15 is 0 Å². The molecule has 1 aromatic heterocycles. The maximum absolute atomic E-state index is 11.9. The summed E-state index contributed by atoms with van der Waals surface area (Å²) in [6.45, 7) is 2.29. The Morgan fingerprint density at radius 1 is 1.33 bits per heavy atom. The molecule has 2 aromatic rings. The van der Waals surface area contributed by atoms with Crippen LogP contribution in [0, 0.1) is 6.92 Å². The van der Waals surface area contributed by atoms with E-state index in [1.165, 1.54) is 6.33 Å². The van der Waals surface area contributed by atoms with Crippen LogP contribution >= 0.6 is 15.9 Å². The Hall–Kier alpha value is -1.75. The monoisotopic (exact) mass is 305 g/mol. The molecule has 18 heavy (non-hydrogen) atoms. The molecule has 0 saturated heterocycles. The van der Waals surface area contributed by atoms with E-state index in [0.717, 1.165) is 15.9 Å². The number of amides is 1. The van der Waals surface area contributed by atoms with Crippen LogP contribution in [0.2, 0.25) is 0 Å². The standard InChI is InChI=1S/C13H12BrN3O/c1-9-5-12(17-8-16-9)7-15-13(18)10-3-2-4-11(14)6-10/h2-6,8H,7H2,1H3,(H,15,18). The van der Waals surface area contributed by atoms with Gasteiger partial charge in [-0.15, -0.1) is 0 Å². The van der Waals surface area contributed by atoms with Gasteiger partial charge < -0.3 is 5.32 Å². The van der Waals surface area contributed by atoms with Gasteiger partial charge in [-0.1, -0.05) is 22.0 Å². The molecule has 0 unspecified atom stereocenters. The highest BCUT2D eigenvalue weighted by Crippen LogP contribution is 2.11. The fraction of sp³-hybridized carbons (Fsp3) is 0.154. The van der Waals surface area contributed by atoms with E-state index < -0.39 is 0 Å². The highest BCUT2D eigenvalue weighted by Gasteiger charge is 2.05. The van der Waals surface area contributed by atoms with Gasteiger partial charge >= 0.3 is 0 Å². The lowest BCUT2D eigenvalue weighted by Crippen LogP contribution is -2.23. The highest BCUT2D eigenvalue weighted by atomic mass is 79.9. The van der Waals surface area contributed by atoms with Crippen molar-refractivity contribution < 1.29 is 4.79 Å². The molecule has 1 amide bonds. The van der Waals surface area contributed by atoms with Gasteiger partial charge in [0, 0.05) is 15.7 Å². The number of nitrogens with zero attached hydrogens (tertiary/aromatic N) is 2. The normalized spacial score (nSPS) is 10.1. The van der Waals surface area contributed by atoms with Gasteiger partial charge in [-0.2, -0.15) is 0 Å². The van der Waals surface area contributed by atoms with Crippen LogP contribution < -0.4 is 5.32 Å². The minimum Gasteiger partial charge on any atom is -0.346 e. The largest absolute Gasteiger partial charge is 0.346 e. The van der Waals surface area contributed by atoms with Crippen LogP contribution in [0.5, 0.6) is 0 Å². The number of halogens is 1. The van der Waals surface area contributed by atoms with E-state index in [-0.39, 0.29) is 5.91 Å². The zero-order valence-corrected chi connectivity index (χ0v) is 11.4. The molecular formula is C13H12BrN3O. The second-order valence-corrected chi connectivity index (χ2v) is 4.76. The van der Waals surface area contributed by atoms with Crippen LogP contribution in [0.25, 0.3) is 0 Å². The zero-order chi connectivity index (χ0) is 13.0. The van der Waals surface area contributed by atoms with Crippen LogP contribution in [0.15, 0.2) is 41.1 Å². The van der Waals surface area contributed by atoms with Crippen LogP contribution in [-0.4, -0.2) is 15.9 Å². The van der Waals surface area contributed by atoms with Gasteiger partial charge in [0.1, 0.15) is 6.33 Å². The number of carbonyl (C=O) groups is 1. The average Bonchev–Trinajstić information content (AvgIpc) is 2.36. The third kappa shape index (κ3) is 3.37. The molecule has 0 spiro atoms. The van der Waals surface area contributed by atoms with Gasteiger partial charge in [0.2, 0.25) is 0 Å². The summed E-state index contributed by atoms with van der Waals surface area (Å²) in [5, 5.41) is 2.82. The second-order valence-electron chi connectivity index (χ2n) is 3.84. The molecule has 0 saturated carbocycles. The number of rotatable bonds is 3. The van der Waals surface area contributed by atoms with Crippen molar-refractivity contribution in [3.8, 4) is 0 Å². The van der Waals surface area contributed by atoms with Crippen molar-refractivity contribution in [3.05, 3.63) is 58.1 Å². The number of hydrogen-bond donors (Lipinski definition) is 1. The number of benzene rings is 1. The Balaban J connectivity index is 2.00. The first-order valence-electron chi connectivity index (χ1n) is 5.46. The number of carbonyl (C=O) groups excluding carboxylic acids is 1. The number of hydrogen-bond acceptors (Lipinski definition) is 3. The van der Waals surface area contributed by atoms with Crippen molar-refractivity contribution in [2.75, 3.05) is 0 Å². The molecule has 5 heteroatoms. The molecule has 0 aliphatic heterocycles.